The Labute approximate surface area is 90.0 Å². The Morgan fingerprint density at radius 1 is 1.27 bits per heavy atom. The molecule has 3 heterocycles. The van der Waals surface area contributed by atoms with Crippen LogP contribution in [0.15, 0.2) is 0 Å². The van der Waals surface area contributed by atoms with Crippen molar-refractivity contribution < 1.29 is 0 Å². The zero-order valence-electron chi connectivity index (χ0n) is 9.08. The molecule has 0 bridgehead atoms. The number of piperidine rings is 1. The minimum atomic E-state index is 0.612. The molecule has 1 aromatic heterocycles. The molecule has 0 aromatic carbocycles. The largest absolute Gasteiger partial charge is 0.316 e. The first-order chi connectivity index (χ1) is 7.45. The van der Waals surface area contributed by atoms with Gasteiger partial charge < -0.3 is 5.32 Å². The molecule has 0 aliphatic carbocycles. The van der Waals surface area contributed by atoms with E-state index in [0.29, 0.717) is 5.92 Å². The molecule has 1 unspecified atom stereocenters. The van der Waals surface area contributed by atoms with Gasteiger partial charge in [0.1, 0.15) is 0 Å². The van der Waals surface area contributed by atoms with Crippen LogP contribution < -0.4 is 5.32 Å². The van der Waals surface area contributed by atoms with Gasteiger partial charge in [0.05, 0.1) is 11.4 Å². The van der Waals surface area contributed by atoms with Gasteiger partial charge in [-0.15, -0.1) is 5.10 Å². The van der Waals surface area contributed by atoms with Crippen LogP contribution >= 0.6 is 0 Å². The summed E-state index contributed by atoms with van der Waals surface area (Å²) in [4.78, 5) is 0. The van der Waals surface area contributed by atoms with Crippen molar-refractivity contribution in [3.8, 4) is 0 Å². The summed E-state index contributed by atoms with van der Waals surface area (Å²) in [5.41, 5.74) is 2.69. The Balaban J connectivity index is 1.87. The number of hydrogen-bond donors (Lipinski definition) is 1. The number of hydrogen-bond acceptors (Lipinski definition) is 3. The maximum absolute atomic E-state index is 4.39. The number of rotatable bonds is 1. The fourth-order valence-corrected chi connectivity index (χ4v) is 2.74. The van der Waals surface area contributed by atoms with Gasteiger partial charge in [0, 0.05) is 19.0 Å². The normalized spacial score (nSPS) is 26.3. The van der Waals surface area contributed by atoms with E-state index in [1.165, 1.54) is 50.0 Å². The van der Waals surface area contributed by atoms with Crippen molar-refractivity contribution in [2.75, 3.05) is 13.1 Å². The Morgan fingerprint density at radius 2 is 2.27 bits per heavy atom. The van der Waals surface area contributed by atoms with E-state index in [0.717, 1.165) is 13.1 Å². The van der Waals surface area contributed by atoms with E-state index in [2.05, 4.69) is 20.3 Å². The lowest BCUT2D eigenvalue weighted by Crippen LogP contribution is -2.29. The number of aromatic nitrogens is 3. The molecule has 0 amide bonds. The van der Waals surface area contributed by atoms with Crippen LogP contribution in [0.2, 0.25) is 0 Å². The standard InChI is InChI=1S/C11H18N4/c1-2-7-15-10(5-1)11(13-14-15)9-4-3-6-12-8-9/h9,12H,1-8H2. The maximum atomic E-state index is 4.39. The number of nitrogens with one attached hydrogen (secondary N) is 1. The van der Waals surface area contributed by atoms with E-state index in [-0.39, 0.29) is 0 Å². The SMILES string of the molecule is C1CCn2nnc(C3CCCNC3)c2C1. The molecule has 0 saturated carbocycles. The van der Waals surface area contributed by atoms with E-state index in [1.54, 1.807) is 0 Å². The Kier molecular flexibility index (Phi) is 2.44. The third-order valence-corrected chi connectivity index (χ3v) is 3.58. The quantitative estimate of drug-likeness (QED) is 0.747. The lowest BCUT2D eigenvalue weighted by molar-refractivity contribution is 0.446. The summed E-state index contributed by atoms with van der Waals surface area (Å²) in [6, 6.07) is 0. The fraction of sp³-hybridized carbons (Fsp3) is 0.818. The van der Waals surface area contributed by atoms with Crippen molar-refractivity contribution in [1.82, 2.24) is 20.3 Å². The molecule has 0 radical (unpaired) electrons. The second-order valence-electron chi connectivity index (χ2n) is 4.64. The molecule has 0 spiro atoms. The minimum Gasteiger partial charge on any atom is -0.316 e. The molecule has 15 heavy (non-hydrogen) atoms. The second kappa shape index (κ2) is 3.93. The first-order valence-electron chi connectivity index (χ1n) is 6.08. The van der Waals surface area contributed by atoms with E-state index in [4.69, 9.17) is 0 Å². The lowest BCUT2D eigenvalue weighted by Gasteiger charge is -2.23. The van der Waals surface area contributed by atoms with Crippen LogP contribution in [0, 0.1) is 0 Å². The van der Waals surface area contributed by atoms with Crippen LogP contribution in [0.25, 0.3) is 0 Å². The first kappa shape index (κ1) is 9.33. The van der Waals surface area contributed by atoms with Crippen molar-refractivity contribution in [1.29, 1.82) is 0 Å². The third-order valence-electron chi connectivity index (χ3n) is 3.58. The highest BCUT2D eigenvalue weighted by Gasteiger charge is 2.24. The zero-order valence-corrected chi connectivity index (χ0v) is 9.08. The Bertz CT molecular complexity index is 338. The van der Waals surface area contributed by atoms with Gasteiger partial charge in [-0.1, -0.05) is 5.21 Å². The van der Waals surface area contributed by atoms with Crippen molar-refractivity contribution in [2.45, 2.75) is 44.6 Å². The molecule has 1 fully saturated rings. The molecule has 2 aliphatic heterocycles. The molecule has 1 aromatic rings. The predicted octanol–water partition coefficient (Wildman–Crippen LogP) is 1.08. The number of aryl methyl sites for hydroxylation is 1. The molecular weight excluding hydrogens is 188 g/mol. The van der Waals surface area contributed by atoms with Gasteiger partial charge in [-0.3, -0.25) is 0 Å². The molecule has 1 atom stereocenters. The summed E-state index contributed by atoms with van der Waals surface area (Å²) in [5, 5.41) is 12.1. The van der Waals surface area contributed by atoms with Crippen LogP contribution in [-0.2, 0) is 13.0 Å². The fourth-order valence-electron chi connectivity index (χ4n) is 2.74. The van der Waals surface area contributed by atoms with E-state index in [1.807, 2.05) is 0 Å². The molecule has 82 valence electrons. The van der Waals surface area contributed by atoms with Gasteiger partial charge in [-0.05, 0) is 38.6 Å². The highest BCUT2D eigenvalue weighted by atomic mass is 15.4. The average molecular weight is 206 g/mol. The van der Waals surface area contributed by atoms with Gasteiger partial charge >= 0.3 is 0 Å². The summed E-state index contributed by atoms with van der Waals surface area (Å²) < 4.78 is 2.12. The van der Waals surface area contributed by atoms with Crippen LogP contribution in [0.1, 0.15) is 43.0 Å². The predicted molar refractivity (Wildman–Crippen MR) is 57.8 cm³/mol. The topological polar surface area (TPSA) is 42.7 Å². The van der Waals surface area contributed by atoms with Gasteiger partial charge in [0.25, 0.3) is 0 Å². The molecule has 1 N–H and O–H groups in total. The summed E-state index contributed by atoms with van der Waals surface area (Å²) >= 11 is 0. The molecule has 4 nitrogen and oxygen atoms in total. The van der Waals surface area contributed by atoms with Gasteiger partial charge in [0.2, 0.25) is 0 Å². The van der Waals surface area contributed by atoms with Gasteiger partial charge in [-0.25, -0.2) is 4.68 Å². The zero-order chi connectivity index (χ0) is 10.1. The molecular formula is C11H18N4. The van der Waals surface area contributed by atoms with Crippen molar-refractivity contribution in [3.05, 3.63) is 11.4 Å². The van der Waals surface area contributed by atoms with Crippen molar-refractivity contribution >= 4 is 0 Å². The number of fused-ring (bicyclic) bond motifs is 1. The van der Waals surface area contributed by atoms with E-state index < -0.39 is 0 Å². The van der Waals surface area contributed by atoms with Crippen LogP contribution in [0.3, 0.4) is 0 Å². The average Bonchev–Trinajstić information content (AvgIpc) is 2.74. The second-order valence-corrected chi connectivity index (χ2v) is 4.64. The monoisotopic (exact) mass is 206 g/mol. The molecule has 4 heteroatoms. The highest BCUT2D eigenvalue weighted by molar-refractivity contribution is 5.18. The molecule has 3 rings (SSSR count). The maximum Gasteiger partial charge on any atom is 0.0902 e. The Morgan fingerprint density at radius 3 is 3.13 bits per heavy atom. The molecule has 1 saturated heterocycles. The van der Waals surface area contributed by atoms with Gasteiger partial charge in [0.15, 0.2) is 0 Å². The third kappa shape index (κ3) is 1.67. The summed E-state index contributed by atoms with van der Waals surface area (Å²) in [5.74, 6) is 0.612. The van der Waals surface area contributed by atoms with Crippen LogP contribution in [-0.4, -0.2) is 28.1 Å². The lowest BCUT2D eigenvalue weighted by atomic mass is 9.93. The Hall–Kier alpha value is -0.900. The summed E-state index contributed by atoms with van der Waals surface area (Å²) in [6.45, 7) is 3.33. The minimum absolute atomic E-state index is 0.612. The smallest absolute Gasteiger partial charge is 0.0902 e. The van der Waals surface area contributed by atoms with Crippen molar-refractivity contribution in [3.63, 3.8) is 0 Å². The first-order valence-corrected chi connectivity index (χ1v) is 6.08. The van der Waals surface area contributed by atoms with E-state index >= 15 is 0 Å². The van der Waals surface area contributed by atoms with Crippen LogP contribution in [0.5, 0.6) is 0 Å². The molecule has 2 aliphatic rings. The van der Waals surface area contributed by atoms with Crippen LogP contribution in [0.4, 0.5) is 0 Å². The summed E-state index contributed by atoms with van der Waals surface area (Å²) in [7, 11) is 0. The van der Waals surface area contributed by atoms with E-state index in [9.17, 15) is 0 Å². The van der Waals surface area contributed by atoms with Gasteiger partial charge in [-0.2, -0.15) is 0 Å². The number of nitrogens with zero attached hydrogens (tertiary/aromatic N) is 3. The highest BCUT2D eigenvalue weighted by Crippen LogP contribution is 2.27. The summed E-state index contributed by atoms with van der Waals surface area (Å²) in [6.07, 6.45) is 6.30. The van der Waals surface area contributed by atoms with Crippen molar-refractivity contribution in [2.24, 2.45) is 0 Å².